The van der Waals surface area contributed by atoms with Gasteiger partial charge in [0.15, 0.2) is 5.78 Å². The molecular formula is C46H60N2O5S. The van der Waals surface area contributed by atoms with E-state index in [9.17, 15) is 19.2 Å². The van der Waals surface area contributed by atoms with E-state index >= 15 is 0 Å². The predicted octanol–water partition coefficient (Wildman–Crippen LogP) is 8.74. The van der Waals surface area contributed by atoms with Gasteiger partial charge in [-0.05, 0) is 53.2 Å². The number of methoxy groups -OCH3 is 1. The van der Waals surface area contributed by atoms with E-state index in [1.807, 2.05) is 82.3 Å². The van der Waals surface area contributed by atoms with Gasteiger partial charge in [-0.2, -0.15) is 0 Å². The van der Waals surface area contributed by atoms with Crippen LogP contribution < -0.4 is 10.6 Å². The number of Topliss-reactive ketones (excluding diaryl/α,β-unsaturated/α-hetero) is 1. The number of ether oxygens (including phenoxy) is 1. The Morgan fingerprint density at radius 1 is 0.722 bits per heavy atom. The summed E-state index contributed by atoms with van der Waals surface area (Å²) in [5, 5.41) is 6.22. The maximum atomic E-state index is 14.6. The molecule has 0 spiro atoms. The lowest BCUT2D eigenvalue weighted by Crippen LogP contribution is -2.51. The van der Waals surface area contributed by atoms with Crippen LogP contribution in [0.2, 0.25) is 0 Å². The van der Waals surface area contributed by atoms with Crippen LogP contribution in [0.3, 0.4) is 0 Å². The van der Waals surface area contributed by atoms with Crippen LogP contribution >= 0.6 is 11.8 Å². The second-order valence-corrected chi connectivity index (χ2v) is 16.9. The van der Waals surface area contributed by atoms with E-state index in [-0.39, 0.29) is 47.5 Å². The summed E-state index contributed by atoms with van der Waals surface area (Å²) in [5.74, 6) is -0.751. The Balaban J connectivity index is 1.49. The molecule has 290 valence electrons. The Bertz CT molecular complexity index is 1560. The molecule has 3 aromatic rings. The Labute approximate surface area is 327 Å². The number of benzene rings is 3. The van der Waals surface area contributed by atoms with Crippen LogP contribution in [0.15, 0.2) is 91.0 Å². The lowest BCUT2D eigenvalue weighted by atomic mass is 9.82. The fourth-order valence-electron chi connectivity index (χ4n) is 8.65. The number of amides is 2. The van der Waals surface area contributed by atoms with Crippen LogP contribution in [0.5, 0.6) is 0 Å². The van der Waals surface area contributed by atoms with Gasteiger partial charge in [0.05, 0.1) is 23.8 Å². The van der Waals surface area contributed by atoms with Crippen molar-refractivity contribution >= 4 is 35.3 Å². The highest BCUT2D eigenvalue weighted by Gasteiger charge is 2.42. The van der Waals surface area contributed by atoms with Gasteiger partial charge in [-0.15, -0.1) is 11.8 Å². The summed E-state index contributed by atoms with van der Waals surface area (Å²) >= 11 is 1.62. The van der Waals surface area contributed by atoms with Crippen molar-refractivity contribution in [3.8, 4) is 0 Å². The first-order valence-electron chi connectivity index (χ1n) is 20.1. The molecule has 2 saturated carbocycles. The van der Waals surface area contributed by atoms with E-state index in [1.54, 1.807) is 11.8 Å². The summed E-state index contributed by atoms with van der Waals surface area (Å²) < 4.78 is 4.41. The molecule has 3 aromatic carbocycles. The minimum absolute atomic E-state index is 0.0304. The largest absolute Gasteiger partial charge is 0.467 e. The Kier molecular flexibility index (Phi) is 15.0. The number of hydrogen-bond acceptors (Lipinski definition) is 6. The number of carbonyl (C=O) groups excluding carboxylic acids is 4. The number of carbonyl (C=O) groups is 4. The zero-order chi connectivity index (χ0) is 38.7. The zero-order valence-electron chi connectivity index (χ0n) is 32.8. The van der Waals surface area contributed by atoms with Crippen LogP contribution in [-0.4, -0.2) is 48.5 Å². The molecule has 54 heavy (non-hydrogen) atoms. The molecule has 0 aromatic heterocycles. The van der Waals surface area contributed by atoms with Crippen molar-refractivity contribution in [1.82, 2.24) is 10.6 Å². The zero-order valence-corrected chi connectivity index (χ0v) is 33.6. The average Bonchev–Trinajstić information content (AvgIpc) is 3.66. The van der Waals surface area contributed by atoms with E-state index in [0.29, 0.717) is 24.7 Å². The third-order valence-corrected chi connectivity index (χ3v) is 14.0. The number of ketones is 1. The topological polar surface area (TPSA) is 102 Å². The maximum absolute atomic E-state index is 14.6. The number of esters is 1. The van der Waals surface area contributed by atoms with Crippen molar-refractivity contribution in [1.29, 1.82) is 0 Å². The van der Waals surface area contributed by atoms with Crippen molar-refractivity contribution in [3.63, 3.8) is 0 Å². The van der Waals surface area contributed by atoms with E-state index in [1.165, 1.54) is 32.8 Å². The lowest BCUT2D eigenvalue weighted by Gasteiger charge is -2.37. The van der Waals surface area contributed by atoms with Crippen molar-refractivity contribution in [2.45, 2.75) is 102 Å². The second kappa shape index (κ2) is 19.6. The molecule has 5 rings (SSSR count). The summed E-state index contributed by atoms with van der Waals surface area (Å²) in [7, 11) is 1.33. The molecule has 0 heterocycles. The van der Waals surface area contributed by atoms with Crippen LogP contribution in [0.25, 0.3) is 0 Å². The summed E-state index contributed by atoms with van der Waals surface area (Å²) in [5.41, 5.74) is 3.14. The lowest BCUT2D eigenvalue weighted by molar-refractivity contribution is -0.147. The quantitative estimate of drug-likeness (QED) is 0.0996. The molecule has 0 aliphatic heterocycles. The van der Waals surface area contributed by atoms with Gasteiger partial charge in [0.25, 0.3) is 0 Å². The molecule has 0 saturated heterocycles. The van der Waals surface area contributed by atoms with Gasteiger partial charge in [-0.1, -0.05) is 157 Å². The van der Waals surface area contributed by atoms with Crippen LogP contribution in [0.1, 0.15) is 102 Å². The van der Waals surface area contributed by atoms with Gasteiger partial charge in [-0.25, -0.2) is 4.79 Å². The first-order chi connectivity index (χ1) is 26.1. The van der Waals surface area contributed by atoms with Crippen LogP contribution in [0, 0.1) is 35.5 Å². The first-order valence-corrected chi connectivity index (χ1v) is 21.1. The third-order valence-electron chi connectivity index (χ3n) is 12.3. The highest BCUT2D eigenvalue weighted by atomic mass is 32.2. The van der Waals surface area contributed by atoms with Gasteiger partial charge in [-0.3, -0.25) is 14.4 Å². The highest BCUT2D eigenvalue weighted by molar-refractivity contribution is 8.00. The predicted molar refractivity (Wildman–Crippen MR) is 218 cm³/mol. The highest BCUT2D eigenvalue weighted by Crippen LogP contribution is 2.49. The second-order valence-electron chi connectivity index (χ2n) is 15.7. The molecule has 1 unspecified atom stereocenters. The summed E-state index contributed by atoms with van der Waals surface area (Å²) in [6, 6.07) is 29.2. The minimum atomic E-state index is -0.854. The van der Waals surface area contributed by atoms with Gasteiger partial charge in [0.1, 0.15) is 6.04 Å². The molecule has 2 amide bonds. The standard InChI is InChI=1S/C46H60N2O5S/c1-6-31(3)41(47-43(50)35-27-33-19-17-18-20-34(33)28-35)40(49)29-36(44(51)48-42(32(4)7-2)45(52)53-5)30-54-46(37-21-11-8-12-22-37,38-23-13-9-14-24-38)39-25-15-10-16-26-39/h8-16,21-26,31-36,41-42H,6-7,17-20,27-30H2,1-5H3,(H,47,50)(H,48,51)/t31-,32-,33-,34+,35?,36-,41-,42-/m0/s1. The summed E-state index contributed by atoms with van der Waals surface area (Å²) in [4.78, 5) is 55.9. The van der Waals surface area contributed by atoms with Gasteiger partial charge < -0.3 is 15.4 Å². The maximum Gasteiger partial charge on any atom is 0.328 e. The molecule has 0 bridgehead atoms. The van der Waals surface area contributed by atoms with Crippen LogP contribution in [0.4, 0.5) is 0 Å². The molecule has 2 aliphatic carbocycles. The molecule has 8 atom stereocenters. The molecular weight excluding hydrogens is 693 g/mol. The van der Waals surface area contributed by atoms with Gasteiger partial charge in [0, 0.05) is 18.1 Å². The van der Waals surface area contributed by atoms with Gasteiger partial charge >= 0.3 is 5.97 Å². The molecule has 0 radical (unpaired) electrons. The van der Waals surface area contributed by atoms with Crippen molar-refractivity contribution in [2.75, 3.05) is 12.9 Å². The summed E-state index contributed by atoms with van der Waals surface area (Å²) in [6.07, 6.45) is 7.92. The van der Waals surface area contributed by atoms with E-state index < -0.39 is 28.7 Å². The SMILES string of the molecule is CC[C@H](C)[C@H](NC(=O)C1C[C@H]2CCCC[C@H]2C1)C(=O)C[C@@H](CSC(c1ccccc1)(c1ccccc1)c1ccccc1)C(=O)N[C@H](C(=O)OC)[C@@H](C)CC. The normalized spacial score (nSPS) is 21.1. The number of thioether (sulfide) groups is 1. The van der Waals surface area contributed by atoms with Crippen molar-refractivity contribution in [2.24, 2.45) is 35.5 Å². The monoisotopic (exact) mass is 752 g/mol. The molecule has 8 heteroatoms. The third kappa shape index (κ3) is 9.66. The molecule has 2 N–H and O–H groups in total. The molecule has 7 nitrogen and oxygen atoms in total. The van der Waals surface area contributed by atoms with Gasteiger partial charge in [0.2, 0.25) is 11.8 Å². The average molecular weight is 753 g/mol. The summed E-state index contributed by atoms with van der Waals surface area (Å²) in [6.45, 7) is 7.91. The van der Waals surface area contributed by atoms with Crippen molar-refractivity contribution < 1.29 is 23.9 Å². The van der Waals surface area contributed by atoms with E-state index in [0.717, 1.165) is 29.5 Å². The molecule has 2 fully saturated rings. The first kappa shape index (κ1) is 41.3. The van der Waals surface area contributed by atoms with E-state index in [2.05, 4.69) is 47.0 Å². The Morgan fingerprint density at radius 2 is 1.19 bits per heavy atom. The Hall–Kier alpha value is -3.91. The van der Waals surface area contributed by atoms with Crippen LogP contribution in [-0.2, 0) is 28.7 Å². The number of hydrogen-bond donors (Lipinski definition) is 2. The number of nitrogens with one attached hydrogen (secondary N) is 2. The smallest absolute Gasteiger partial charge is 0.328 e. The number of rotatable bonds is 18. The number of fused-ring (bicyclic) bond motifs is 1. The Morgan fingerprint density at radius 3 is 1.63 bits per heavy atom. The fraction of sp³-hybridized carbons (Fsp3) is 0.522. The van der Waals surface area contributed by atoms with Crippen molar-refractivity contribution in [3.05, 3.63) is 108 Å². The fourth-order valence-corrected chi connectivity index (χ4v) is 10.3. The van der Waals surface area contributed by atoms with E-state index in [4.69, 9.17) is 4.74 Å². The molecule has 2 aliphatic rings. The minimum Gasteiger partial charge on any atom is -0.467 e.